The van der Waals surface area contributed by atoms with Gasteiger partial charge < -0.3 is 0 Å². The maximum atomic E-state index is 12.6. The molecule has 7 heteroatoms. The van der Waals surface area contributed by atoms with Crippen molar-refractivity contribution in [1.82, 2.24) is 24.7 Å². The third kappa shape index (κ3) is 2.69. The molecule has 22 heavy (non-hydrogen) atoms. The van der Waals surface area contributed by atoms with Crippen LogP contribution in [0.1, 0.15) is 15.9 Å². The smallest absolute Gasteiger partial charge is 0.259 e. The molecule has 3 aromatic rings. The molecule has 0 N–H and O–H groups in total. The topological polar surface area (TPSA) is 76.8 Å². The standard InChI is InChI=1S/C15H14N6O/c1-11-3-4-13(18-8-11)20(2)15(22)12-5-6-17-14(7-12)21-10-16-9-19-21/h3-10H,1-2H3. The molecule has 0 fully saturated rings. The largest absolute Gasteiger partial charge is 0.296 e. The fourth-order valence-corrected chi connectivity index (χ4v) is 1.96. The first kappa shape index (κ1) is 13.9. The van der Waals surface area contributed by atoms with E-state index in [1.165, 1.54) is 22.2 Å². The minimum Gasteiger partial charge on any atom is -0.296 e. The number of rotatable bonds is 3. The van der Waals surface area contributed by atoms with Gasteiger partial charge in [0.05, 0.1) is 0 Å². The summed E-state index contributed by atoms with van der Waals surface area (Å²) >= 11 is 0. The molecule has 7 nitrogen and oxygen atoms in total. The Labute approximate surface area is 127 Å². The van der Waals surface area contributed by atoms with Gasteiger partial charge in [-0.1, -0.05) is 6.07 Å². The highest BCUT2D eigenvalue weighted by Crippen LogP contribution is 2.14. The molecule has 0 saturated heterocycles. The summed E-state index contributed by atoms with van der Waals surface area (Å²) in [6.07, 6.45) is 6.24. The number of amides is 1. The number of pyridine rings is 2. The van der Waals surface area contributed by atoms with E-state index in [1.54, 1.807) is 31.6 Å². The van der Waals surface area contributed by atoms with Gasteiger partial charge in [-0.15, -0.1) is 0 Å². The number of aryl methyl sites for hydroxylation is 1. The second kappa shape index (κ2) is 5.72. The van der Waals surface area contributed by atoms with E-state index in [0.717, 1.165) is 5.56 Å². The van der Waals surface area contributed by atoms with E-state index in [4.69, 9.17) is 0 Å². The summed E-state index contributed by atoms with van der Waals surface area (Å²) in [5.41, 5.74) is 1.55. The molecular formula is C15H14N6O. The lowest BCUT2D eigenvalue weighted by Gasteiger charge is -2.16. The van der Waals surface area contributed by atoms with Crippen LogP contribution in [0, 0.1) is 6.92 Å². The van der Waals surface area contributed by atoms with Crippen LogP contribution in [0.3, 0.4) is 0 Å². The van der Waals surface area contributed by atoms with Crippen LogP contribution in [0.5, 0.6) is 0 Å². The van der Waals surface area contributed by atoms with Crippen molar-refractivity contribution in [1.29, 1.82) is 0 Å². The Morgan fingerprint density at radius 2 is 2.09 bits per heavy atom. The second-order valence-corrected chi connectivity index (χ2v) is 4.80. The number of carbonyl (C=O) groups is 1. The molecule has 0 atom stereocenters. The van der Waals surface area contributed by atoms with E-state index < -0.39 is 0 Å². The third-order valence-electron chi connectivity index (χ3n) is 3.19. The first-order valence-corrected chi connectivity index (χ1v) is 6.67. The summed E-state index contributed by atoms with van der Waals surface area (Å²) in [6.45, 7) is 1.95. The first-order chi connectivity index (χ1) is 10.6. The Hall–Kier alpha value is -3.09. The molecule has 0 aromatic carbocycles. The predicted octanol–water partition coefficient (Wildman–Crippen LogP) is 1.64. The summed E-state index contributed by atoms with van der Waals surface area (Å²) in [5, 5.41) is 4.01. The van der Waals surface area contributed by atoms with Gasteiger partial charge in [-0.25, -0.2) is 19.6 Å². The van der Waals surface area contributed by atoms with Crippen molar-refractivity contribution in [3.63, 3.8) is 0 Å². The number of carbonyl (C=O) groups excluding carboxylic acids is 1. The van der Waals surface area contributed by atoms with Gasteiger partial charge >= 0.3 is 0 Å². The maximum Gasteiger partial charge on any atom is 0.259 e. The first-order valence-electron chi connectivity index (χ1n) is 6.67. The van der Waals surface area contributed by atoms with Gasteiger partial charge in [0, 0.05) is 25.0 Å². The maximum absolute atomic E-state index is 12.6. The average molecular weight is 294 g/mol. The van der Waals surface area contributed by atoms with Crippen molar-refractivity contribution >= 4 is 11.7 Å². The molecule has 0 aliphatic rings. The fourth-order valence-electron chi connectivity index (χ4n) is 1.96. The summed E-state index contributed by atoms with van der Waals surface area (Å²) in [4.78, 5) is 26.4. The van der Waals surface area contributed by atoms with Crippen LogP contribution in [0.25, 0.3) is 5.82 Å². The van der Waals surface area contributed by atoms with Crippen LogP contribution in [-0.2, 0) is 0 Å². The molecule has 3 aromatic heterocycles. The summed E-state index contributed by atoms with van der Waals surface area (Å²) in [6, 6.07) is 7.06. The molecule has 0 saturated carbocycles. The number of hydrogen-bond acceptors (Lipinski definition) is 5. The van der Waals surface area contributed by atoms with Crippen LogP contribution < -0.4 is 4.90 Å². The van der Waals surface area contributed by atoms with Crippen LogP contribution >= 0.6 is 0 Å². The number of hydrogen-bond donors (Lipinski definition) is 0. The molecule has 1 amide bonds. The normalized spacial score (nSPS) is 10.5. The molecule has 0 aliphatic carbocycles. The lowest BCUT2D eigenvalue weighted by molar-refractivity contribution is 0.0992. The van der Waals surface area contributed by atoms with Crippen LogP contribution in [0.15, 0.2) is 49.3 Å². The number of aromatic nitrogens is 5. The van der Waals surface area contributed by atoms with Gasteiger partial charge in [0.15, 0.2) is 5.82 Å². The van der Waals surface area contributed by atoms with E-state index in [1.807, 2.05) is 19.1 Å². The molecule has 0 spiro atoms. The Bertz CT molecular complexity index is 782. The molecule has 3 heterocycles. The Morgan fingerprint density at radius 1 is 1.23 bits per heavy atom. The quantitative estimate of drug-likeness (QED) is 0.734. The van der Waals surface area contributed by atoms with Gasteiger partial charge in [-0.3, -0.25) is 9.69 Å². The summed E-state index contributed by atoms with van der Waals surface area (Å²) in [5.74, 6) is 0.962. The zero-order chi connectivity index (χ0) is 15.5. The van der Waals surface area contributed by atoms with Crippen molar-refractivity contribution in [3.05, 3.63) is 60.4 Å². The number of nitrogens with zero attached hydrogens (tertiary/aromatic N) is 6. The van der Waals surface area contributed by atoms with Crippen LogP contribution in [-0.4, -0.2) is 37.7 Å². The molecular weight excluding hydrogens is 280 g/mol. The van der Waals surface area contributed by atoms with E-state index in [9.17, 15) is 4.79 Å². The molecule has 0 radical (unpaired) electrons. The molecule has 3 rings (SSSR count). The fraction of sp³-hybridized carbons (Fsp3) is 0.133. The van der Waals surface area contributed by atoms with Crippen LogP contribution in [0.4, 0.5) is 5.82 Å². The minimum atomic E-state index is -0.167. The van der Waals surface area contributed by atoms with E-state index in [2.05, 4.69) is 20.1 Å². The van der Waals surface area contributed by atoms with Crippen molar-refractivity contribution in [2.45, 2.75) is 6.92 Å². The second-order valence-electron chi connectivity index (χ2n) is 4.80. The monoisotopic (exact) mass is 294 g/mol. The van der Waals surface area contributed by atoms with Gasteiger partial charge in [0.2, 0.25) is 0 Å². The highest BCUT2D eigenvalue weighted by molar-refractivity contribution is 6.05. The number of anilines is 1. The van der Waals surface area contributed by atoms with Gasteiger partial charge in [-0.05, 0) is 30.7 Å². The van der Waals surface area contributed by atoms with Gasteiger partial charge in [0.25, 0.3) is 5.91 Å². The highest BCUT2D eigenvalue weighted by Gasteiger charge is 2.15. The van der Waals surface area contributed by atoms with Gasteiger partial charge in [-0.2, -0.15) is 5.10 Å². The third-order valence-corrected chi connectivity index (χ3v) is 3.19. The lowest BCUT2D eigenvalue weighted by atomic mass is 10.2. The Balaban J connectivity index is 1.88. The van der Waals surface area contributed by atoms with E-state index in [-0.39, 0.29) is 5.91 Å². The SMILES string of the molecule is Cc1ccc(N(C)C(=O)c2ccnc(-n3cncn3)c2)nc1. The predicted molar refractivity (Wildman–Crippen MR) is 80.9 cm³/mol. The highest BCUT2D eigenvalue weighted by atomic mass is 16.2. The molecule has 0 bridgehead atoms. The zero-order valence-electron chi connectivity index (χ0n) is 12.2. The van der Waals surface area contributed by atoms with Gasteiger partial charge in [0.1, 0.15) is 18.5 Å². The average Bonchev–Trinajstić information content (AvgIpc) is 3.09. The molecule has 110 valence electrons. The summed E-state index contributed by atoms with van der Waals surface area (Å²) < 4.78 is 1.50. The molecule has 0 unspecified atom stereocenters. The van der Waals surface area contributed by atoms with Crippen molar-refractivity contribution in [2.75, 3.05) is 11.9 Å². The van der Waals surface area contributed by atoms with Crippen molar-refractivity contribution in [2.24, 2.45) is 0 Å². The Morgan fingerprint density at radius 3 is 2.77 bits per heavy atom. The van der Waals surface area contributed by atoms with Crippen molar-refractivity contribution in [3.8, 4) is 5.82 Å². The molecule has 0 aliphatic heterocycles. The van der Waals surface area contributed by atoms with Crippen molar-refractivity contribution < 1.29 is 4.79 Å². The van der Waals surface area contributed by atoms with E-state index >= 15 is 0 Å². The summed E-state index contributed by atoms with van der Waals surface area (Å²) in [7, 11) is 1.69. The lowest BCUT2D eigenvalue weighted by Crippen LogP contribution is -2.27. The van der Waals surface area contributed by atoms with E-state index in [0.29, 0.717) is 17.2 Å². The zero-order valence-corrected chi connectivity index (χ0v) is 12.2. The Kier molecular flexibility index (Phi) is 3.61. The minimum absolute atomic E-state index is 0.167. The van der Waals surface area contributed by atoms with Crippen LogP contribution in [0.2, 0.25) is 0 Å².